The first-order chi connectivity index (χ1) is 13.3. The van der Waals surface area contributed by atoms with E-state index in [0.717, 1.165) is 40.6 Å². The minimum Gasteiger partial charge on any atom is -1.00 e. The molecule has 0 saturated heterocycles. The molecule has 1 atom stereocenters. The van der Waals surface area contributed by atoms with Crippen LogP contribution >= 0.6 is 0 Å². The number of halogens is 1. The zero-order valence-electron chi connectivity index (χ0n) is 16.1. The van der Waals surface area contributed by atoms with Crippen molar-refractivity contribution >= 4 is 11.4 Å². The molecule has 2 aromatic rings. The Balaban J connectivity index is 0.00000225. The van der Waals surface area contributed by atoms with Gasteiger partial charge in [-0.25, -0.2) is 4.48 Å². The number of nitrogens with zero attached hydrogens (tertiary/aromatic N) is 1. The lowest BCUT2D eigenvalue weighted by molar-refractivity contribution is -0.00000665. The van der Waals surface area contributed by atoms with Gasteiger partial charge in [-0.1, -0.05) is 42.5 Å². The molecule has 2 heterocycles. The van der Waals surface area contributed by atoms with Gasteiger partial charge in [0.2, 0.25) is 0 Å². The van der Waals surface area contributed by atoms with Gasteiger partial charge in [-0.2, -0.15) is 0 Å². The molecule has 0 amide bonds. The second kappa shape index (κ2) is 8.84. The molecule has 0 saturated carbocycles. The SMILES string of the molecule is CC[N+]1(CC)c2ccccc2OC1C=CC=CC=C1Nc2ccccc2O1.[I-]. The highest BCUT2D eigenvalue weighted by atomic mass is 127. The average molecular weight is 488 g/mol. The maximum Gasteiger partial charge on any atom is 0.258 e. The Morgan fingerprint density at radius 2 is 1.64 bits per heavy atom. The summed E-state index contributed by atoms with van der Waals surface area (Å²) in [5.41, 5.74) is 2.27. The molecule has 1 N–H and O–H groups in total. The molecule has 146 valence electrons. The molecule has 5 heteroatoms. The van der Waals surface area contributed by atoms with Gasteiger partial charge in [-0.3, -0.25) is 0 Å². The number of allylic oxidation sites excluding steroid dienone is 4. The van der Waals surface area contributed by atoms with E-state index in [1.165, 1.54) is 5.69 Å². The van der Waals surface area contributed by atoms with E-state index in [9.17, 15) is 0 Å². The van der Waals surface area contributed by atoms with Crippen LogP contribution < -0.4 is 43.3 Å². The summed E-state index contributed by atoms with van der Waals surface area (Å²) in [6.45, 7) is 6.42. The highest BCUT2D eigenvalue weighted by molar-refractivity contribution is 5.63. The molecule has 0 bridgehead atoms. The van der Waals surface area contributed by atoms with Crippen LogP contribution in [0.4, 0.5) is 11.4 Å². The molecule has 4 rings (SSSR count). The third-order valence-corrected chi connectivity index (χ3v) is 5.32. The predicted molar refractivity (Wildman–Crippen MR) is 111 cm³/mol. The maximum atomic E-state index is 6.23. The van der Waals surface area contributed by atoms with Crippen molar-refractivity contribution in [2.24, 2.45) is 0 Å². The van der Waals surface area contributed by atoms with E-state index in [0.29, 0.717) is 0 Å². The van der Waals surface area contributed by atoms with Crippen molar-refractivity contribution in [3.8, 4) is 11.5 Å². The molecule has 28 heavy (non-hydrogen) atoms. The normalized spacial score (nSPS) is 20.4. The Hall–Kier alpha value is -2.25. The highest BCUT2D eigenvalue weighted by Crippen LogP contribution is 2.43. The monoisotopic (exact) mass is 488 g/mol. The molecule has 1 unspecified atom stereocenters. The number of anilines is 1. The minimum absolute atomic E-state index is 0. The van der Waals surface area contributed by atoms with Crippen molar-refractivity contribution in [1.82, 2.24) is 4.48 Å². The first-order valence-corrected chi connectivity index (χ1v) is 9.49. The molecule has 2 aromatic carbocycles. The summed E-state index contributed by atoms with van der Waals surface area (Å²) in [5.74, 6) is 2.58. The summed E-state index contributed by atoms with van der Waals surface area (Å²) >= 11 is 0. The first-order valence-electron chi connectivity index (χ1n) is 9.49. The molecule has 0 spiro atoms. The van der Waals surface area contributed by atoms with Crippen LogP contribution in [0.25, 0.3) is 0 Å². The smallest absolute Gasteiger partial charge is 0.258 e. The van der Waals surface area contributed by atoms with Gasteiger partial charge in [0.15, 0.2) is 23.1 Å². The second-order valence-corrected chi connectivity index (χ2v) is 6.67. The van der Waals surface area contributed by atoms with Gasteiger partial charge in [-0.15, -0.1) is 0 Å². The number of likely N-dealkylation sites (N-methyl/N-ethyl adjacent to an activating group) is 1. The van der Waals surface area contributed by atoms with Gasteiger partial charge < -0.3 is 38.8 Å². The zero-order valence-corrected chi connectivity index (χ0v) is 18.3. The Labute approximate surface area is 183 Å². The van der Waals surface area contributed by atoms with E-state index in [4.69, 9.17) is 9.47 Å². The largest absolute Gasteiger partial charge is 1.00 e. The number of hydrogen-bond acceptors (Lipinski definition) is 3. The van der Waals surface area contributed by atoms with Gasteiger partial charge in [0.05, 0.1) is 18.8 Å². The van der Waals surface area contributed by atoms with E-state index < -0.39 is 0 Å². The van der Waals surface area contributed by atoms with Crippen molar-refractivity contribution in [3.63, 3.8) is 0 Å². The van der Waals surface area contributed by atoms with Gasteiger partial charge in [0.1, 0.15) is 0 Å². The number of quaternary nitrogens is 1. The number of benzene rings is 2. The maximum absolute atomic E-state index is 6.23. The van der Waals surface area contributed by atoms with E-state index in [2.05, 4.69) is 43.4 Å². The summed E-state index contributed by atoms with van der Waals surface area (Å²) < 4.78 is 12.8. The van der Waals surface area contributed by atoms with E-state index in [-0.39, 0.29) is 30.2 Å². The predicted octanol–water partition coefficient (Wildman–Crippen LogP) is 2.21. The van der Waals surface area contributed by atoms with Crippen LogP contribution in [0.1, 0.15) is 13.8 Å². The molecular weight excluding hydrogens is 463 g/mol. The quantitative estimate of drug-likeness (QED) is 0.398. The topological polar surface area (TPSA) is 30.5 Å². The summed E-state index contributed by atoms with van der Waals surface area (Å²) in [4.78, 5) is 0. The van der Waals surface area contributed by atoms with Crippen molar-refractivity contribution in [3.05, 3.63) is 84.8 Å². The van der Waals surface area contributed by atoms with Crippen molar-refractivity contribution in [2.75, 3.05) is 18.4 Å². The van der Waals surface area contributed by atoms with Crippen LogP contribution in [-0.2, 0) is 0 Å². The summed E-state index contributed by atoms with van der Waals surface area (Å²) in [7, 11) is 0. The molecular formula is C23H25IN2O2. The van der Waals surface area contributed by atoms with Gasteiger partial charge in [0, 0.05) is 12.1 Å². The Kier molecular flexibility index (Phi) is 6.46. The third-order valence-electron chi connectivity index (χ3n) is 5.32. The van der Waals surface area contributed by atoms with Gasteiger partial charge >= 0.3 is 0 Å². The number of fused-ring (bicyclic) bond motifs is 2. The van der Waals surface area contributed by atoms with Crippen molar-refractivity contribution in [2.45, 2.75) is 20.1 Å². The van der Waals surface area contributed by atoms with Crippen LogP contribution in [-0.4, -0.2) is 19.3 Å². The summed E-state index contributed by atoms with van der Waals surface area (Å²) in [6, 6.07) is 16.3. The molecule has 2 aliphatic heterocycles. The van der Waals surface area contributed by atoms with E-state index >= 15 is 0 Å². The van der Waals surface area contributed by atoms with Crippen LogP contribution in [0.15, 0.2) is 84.8 Å². The fourth-order valence-electron chi connectivity index (χ4n) is 3.80. The van der Waals surface area contributed by atoms with Gasteiger partial charge in [0.25, 0.3) is 6.23 Å². The number of rotatable bonds is 5. The molecule has 4 nitrogen and oxygen atoms in total. The number of para-hydroxylation sites is 4. The number of nitrogens with one attached hydrogen (secondary N) is 1. The summed E-state index contributed by atoms with van der Waals surface area (Å²) in [5, 5.41) is 3.25. The molecule has 2 aliphatic rings. The fraction of sp³-hybridized carbons (Fsp3) is 0.217. The van der Waals surface area contributed by atoms with Crippen LogP contribution in [0, 0.1) is 0 Å². The molecule has 0 aromatic heterocycles. The molecule has 0 radical (unpaired) electrons. The zero-order chi connectivity index (χ0) is 18.7. The first kappa shape index (κ1) is 20.5. The third kappa shape index (κ3) is 3.69. The van der Waals surface area contributed by atoms with E-state index in [1.807, 2.05) is 54.6 Å². The Morgan fingerprint density at radius 1 is 0.929 bits per heavy atom. The lowest BCUT2D eigenvalue weighted by Crippen LogP contribution is -3.00. The second-order valence-electron chi connectivity index (χ2n) is 6.67. The Bertz CT molecular complexity index is 889. The average Bonchev–Trinajstić information content (AvgIpc) is 3.26. The van der Waals surface area contributed by atoms with E-state index in [1.54, 1.807) is 0 Å². The minimum atomic E-state index is -0.000173. The van der Waals surface area contributed by atoms with Crippen molar-refractivity contribution < 1.29 is 33.5 Å². The van der Waals surface area contributed by atoms with Crippen LogP contribution in [0.2, 0.25) is 0 Å². The number of hydrogen-bond donors (Lipinski definition) is 1. The lowest BCUT2D eigenvalue weighted by Gasteiger charge is -2.34. The Morgan fingerprint density at radius 3 is 2.39 bits per heavy atom. The standard InChI is InChI=1S/C23H25N2O2.HI/c1-3-25(4-2)19-13-9-11-15-21(19)27-23(25)17-7-5-6-16-22-24-18-12-8-10-14-20(18)26-22;/h5-17,23-24H,3-4H2,1-2H3;1H/q+1;/p-1. The van der Waals surface area contributed by atoms with Crippen LogP contribution in [0.5, 0.6) is 11.5 Å². The number of ether oxygens (including phenoxy) is 2. The van der Waals surface area contributed by atoms with Gasteiger partial charge in [-0.05, 0) is 38.1 Å². The summed E-state index contributed by atoms with van der Waals surface area (Å²) in [6.07, 6.45) is 10.1. The molecule has 0 aliphatic carbocycles. The highest BCUT2D eigenvalue weighted by Gasteiger charge is 2.44. The molecule has 0 fully saturated rings. The fourth-order valence-corrected chi connectivity index (χ4v) is 3.80. The van der Waals surface area contributed by atoms with Crippen LogP contribution in [0.3, 0.4) is 0 Å². The lowest BCUT2D eigenvalue weighted by atomic mass is 10.2. The van der Waals surface area contributed by atoms with Crippen molar-refractivity contribution in [1.29, 1.82) is 0 Å².